The maximum atomic E-state index is 13.2. The highest BCUT2D eigenvalue weighted by Gasteiger charge is 2.24. The molecule has 0 fully saturated rings. The summed E-state index contributed by atoms with van der Waals surface area (Å²) in [5.41, 5.74) is 1.34. The Morgan fingerprint density at radius 3 is 2.22 bits per heavy atom. The van der Waals surface area contributed by atoms with Crippen LogP contribution in [0.25, 0.3) is 22.1 Å². The third kappa shape index (κ3) is 4.64. The Labute approximate surface area is 195 Å². The first-order valence-electron chi connectivity index (χ1n) is 9.67. The first kappa shape index (κ1) is 22.3. The second kappa shape index (κ2) is 8.57. The minimum absolute atomic E-state index is 0.0646. The van der Waals surface area contributed by atoms with Crippen LogP contribution in [0.3, 0.4) is 0 Å². The average molecular weight is 486 g/mol. The molecular formula is C22H20ClN5O2S2. The third-order valence-corrected chi connectivity index (χ3v) is 7.18. The summed E-state index contributed by atoms with van der Waals surface area (Å²) in [7, 11) is -3.94. The van der Waals surface area contributed by atoms with Gasteiger partial charge in [0.25, 0.3) is 10.0 Å². The second-order valence-corrected chi connectivity index (χ2v) is 11.0. The first-order chi connectivity index (χ1) is 15.1. The highest BCUT2D eigenvalue weighted by molar-refractivity contribution is 7.92. The van der Waals surface area contributed by atoms with Crippen molar-refractivity contribution in [2.24, 2.45) is 0 Å². The van der Waals surface area contributed by atoms with Gasteiger partial charge in [-0.15, -0.1) is 11.3 Å². The SMILES string of the molecule is CC(C)(C)c1ccc(S(=O)(=O)Nc2nc(-c3ncccn3)nc(Cl)c2-c2cccs2)cc1. The van der Waals surface area contributed by atoms with Crippen molar-refractivity contribution in [3.63, 3.8) is 0 Å². The van der Waals surface area contributed by atoms with Crippen LogP contribution < -0.4 is 4.72 Å². The molecule has 0 atom stereocenters. The largest absolute Gasteiger partial charge is 0.263 e. The molecule has 0 amide bonds. The van der Waals surface area contributed by atoms with E-state index < -0.39 is 10.0 Å². The molecule has 4 aromatic rings. The number of sulfonamides is 1. The van der Waals surface area contributed by atoms with E-state index in [1.54, 1.807) is 30.6 Å². The number of hydrogen-bond donors (Lipinski definition) is 1. The average Bonchev–Trinajstić information content (AvgIpc) is 3.27. The lowest BCUT2D eigenvalue weighted by atomic mass is 9.87. The van der Waals surface area contributed by atoms with E-state index in [0.29, 0.717) is 5.56 Å². The van der Waals surface area contributed by atoms with Gasteiger partial charge in [0.2, 0.25) is 5.82 Å². The predicted molar refractivity (Wildman–Crippen MR) is 127 cm³/mol. The van der Waals surface area contributed by atoms with Crippen LogP contribution in [0, 0.1) is 0 Å². The summed E-state index contributed by atoms with van der Waals surface area (Å²) in [6.45, 7) is 6.20. The summed E-state index contributed by atoms with van der Waals surface area (Å²) < 4.78 is 29.0. The third-order valence-electron chi connectivity index (χ3n) is 4.66. The number of anilines is 1. The minimum atomic E-state index is -3.94. The molecule has 4 rings (SSSR count). The molecule has 0 aliphatic carbocycles. The zero-order valence-corrected chi connectivity index (χ0v) is 20.0. The Kier molecular flexibility index (Phi) is 5.98. The van der Waals surface area contributed by atoms with E-state index in [-0.39, 0.29) is 32.9 Å². The summed E-state index contributed by atoms with van der Waals surface area (Å²) in [5.74, 6) is 0.425. The monoisotopic (exact) mass is 485 g/mol. The van der Waals surface area contributed by atoms with Crippen molar-refractivity contribution in [1.29, 1.82) is 0 Å². The van der Waals surface area contributed by atoms with Crippen LogP contribution in [0.4, 0.5) is 5.82 Å². The Morgan fingerprint density at radius 2 is 1.62 bits per heavy atom. The zero-order valence-electron chi connectivity index (χ0n) is 17.6. The van der Waals surface area contributed by atoms with E-state index >= 15 is 0 Å². The number of benzene rings is 1. The molecule has 10 heteroatoms. The van der Waals surface area contributed by atoms with Crippen LogP contribution in [0.1, 0.15) is 26.3 Å². The Hall–Kier alpha value is -2.88. The molecule has 164 valence electrons. The number of thiophene rings is 1. The van der Waals surface area contributed by atoms with Gasteiger partial charge in [-0.2, -0.15) is 0 Å². The Bertz CT molecular complexity index is 1340. The molecule has 0 unspecified atom stereocenters. The fourth-order valence-electron chi connectivity index (χ4n) is 2.98. The maximum Gasteiger partial charge on any atom is 0.263 e. The van der Waals surface area contributed by atoms with Gasteiger partial charge < -0.3 is 0 Å². The highest BCUT2D eigenvalue weighted by atomic mass is 35.5. The van der Waals surface area contributed by atoms with Gasteiger partial charge in [0.05, 0.1) is 10.5 Å². The standard InChI is InChI=1S/C22H20ClN5O2S2/c1-22(2,3)14-7-9-15(10-8-14)32(29,30)28-19-17(16-6-4-13-31-16)18(23)26-21(27-19)20-24-11-5-12-25-20/h4-13H,1-3H3,(H,26,27,28). The number of nitrogens with zero attached hydrogens (tertiary/aromatic N) is 4. The molecule has 7 nitrogen and oxygen atoms in total. The van der Waals surface area contributed by atoms with Crippen molar-refractivity contribution in [3.8, 4) is 22.1 Å². The van der Waals surface area contributed by atoms with Crippen molar-refractivity contribution in [3.05, 3.63) is 71.0 Å². The number of rotatable bonds is 5. The molecule has 0 saturated carbocycles. The van der Waals surface area contributed by atoms with Crippen molar-refractivity contribution >= 4 is 38.8 Å². The lowest BCUT2D eigenvalue weighted by molar-refractivity contribution is 0.587. The fourth-order valence-corrected chi connectivity index (χ4v) is 5.10. The number of nitrogens with one attached hydrogen (secondary N) is 1. The van der Waals surface area contributed by atoms with Crippen molar-refractivity contribution in [2.75, 3.05) is 4.72 Å². The van der Waals surface area contributed by atoms with E-state index in [4.69, 9.17) is 11.6 Å². The topological polar surface area (TPSA) is 97.7 Å². The maximum absolute atomic E-state index is 13.2. The van der Waals surface area contributed by atoms with E-state index in [0.717, 1.165) is 10.4 Å². The van der Waals surface area contributed by atoms with Gasteiger partial charge in [-0.05, 0) is 40.6 Å². The minimum Gasteiger partial charge on any atom is -0.263 e. The molecule has 1 aromatic carbocycles. The lowest BCUT2D eigenvalue weighted by Gasteiger charge is -2.19. The molecule has 0 aliphatic rings. The van der Waals surface area contributed by atoms with Gasteiger partial charge >= 0.3 is 0 Å². The molecule has 1 N–H and O–H groups in total. The van der Waals surface area contributed by atoms with Gasteiger partial charge in [-0.3, -0.25) is 4.72 Å². The van der Waals surface area contributed by atoms with E-state index in [1.807, 2.05) is 29.6 Å². The summed E-state index contributed by atoms with van der Waals surface area (Å²) in [4.78, 5) is 17.9. The Morgan fingerprint density at radius 1 is 0.938 bits per heavy atom. The molecular weight excluding hydrogens is 466 g/mol. The smallest absolute Gasteiger partial charge is 0.263 e. The molecule has 0 aliphatic heterocycles. The molecule has 3 aromatic heterocycles. The number of aromatic nitrogens is 4. The number of hydrogen-bond acceptors (Lipinski definition) is 7. The second-order valence-electron chi connectivity index (χ2n) is 7.99. The lowest BCUT2D eigenvalue weighted by Crippen LogP contribution is -2.17. The van der Waals surface area contributed by atoms with Crippen LogP contribution in [0.15, 0.2) is 65.1 Å². The first-order valence-corrected chi connectivity index (χ1v) is 12.4. The van der Waals surface area contributed by atoms with E-state index in [1.165, 1.54) is 11.3 Å². The van der Waals surface area contributed by atoms with Gasteiger partial charge in [0, 0.05) is 17.3 Å². The summed E-state index contributed by atoms with van der Waals surface area (Å²) in [6.07, 6.45) is 3.10. The van der Waals surface area contributed by atoms with Gasteiger partial charge in [0.1, 0.15) is 5.15 Å². The summed E-state index contributed by atoms with van der Waals surface area (Å²) in [5, 5.41) is 1.97. The fraction of sp³-hybridized carbons (Fsp3) is 0.182. The predicted octanol–water partition coefficient (Wildman–Crippen LogP) is 5.41. The van der Waals surface area contributed by atoms with E-state index in [2.05, 4.69) is 45.4 Å². The van der Waals surface area contributed by atoms with Crippen LogP contribution in [-0.2, 0) is 15.4 Å². The zero-order chi connectivity index (χ0) is 22.9. The van der Waals surface area contributed by atoms with E-state index in [9.17, 15) is 8.42 Å². The van der Waals surface area contributed by atoms with Crippen molar-refractivity contribution < 1.29 is 8.42 Å². The van der Waals surface area contributed by atoms with Crippen LogP contribution in [0.2, 0.25) is 5.15 Å². The van der Waals surface area contributed by atoms with Crippen molar-refractivity contribution in [2.45, 2.75) is 31.1 Å². The molecule has 0 bridgehead atoms. The highest BCUT2D eigenvalue weighted by Crippen LogP contribution is 2.37. The van der Waals surface area contributed by atoms with Gasteiger partial charge in [0.15, 0.2) is 11.6 Å². The molecule has 32 heavy (non-hydrogen) atoms. The summed E-state index contributed by atoms with van der Waals surface area (Å²) >= 11 is 7.89. The quantitative estimate of drug-likeness (QED) is 0.379. The van der Waals surface area contributed by atoms with Crippen molar-refractivity contribution in [1.82, 2.24) is 19.9 Å². The summed E-state index contributed by atoms with van der Waals surface area (Å²) in [6, 6.07) is 12.1. The molecule has 0 saturated heterocycles. The Balaban J connectivity index is 1.80. The molecule has 3 heterocycles. The van der Waals surface area contributed by atoms with Gasteiger partial charge in [-0.1, -0.05) is 50.6 Å². The van der Waals surface area contributed by atoms with Crippen LogP contribution >= 0.6 is 22.9 Å². The number of halogens is 1. The van der Waals surface area contributed by atoms with Crippen LogP contribution in [-0.4, -0.2) is 28.4 Å². The molecule has 0 radical (unpaired) electrons. The van der Waals surface area contributed by atoms with Crippen LogP contribution in [0.5, 0.6) is 0 Å². The molecule has 0 spiro atoms. The normalized spacial score (nSPS) is 12.0. The van der Waals surface area contributed by atoms with Gasteiger partial charge in [-0.25, -0.2) is 28.4 Å².